The van der Waals surface area contributed by atoms with Crippen LogP contribution >= 0.6 is 11.8 Å². The van der Waals surface area contributed by atoms with Crippen LogP contribution in [0.3, 0.4) is 0 Å². The average Bonchev–Trinajstić information content (AvgIpc) is 2.62. The van der Waals surface area contributed by atoms with Gasteiger partial charge in [-0.25, -0.2) is 0 Å². The summed E-state index contributed by atoms with van der Waals surface area (Å²) < 4.78 is 0. The molecule has 1 aliphatic heterocycles. The number of rotatable bonds is 5. The van der Waals surface area contributed by atoms with Gasteiger partial charge in [-0.2, -0.15) is 0 Å². The van der Waals surface area contributed by atoms with Gasteiger partial charge in [0.2, 0.25) is 0 Å². The minimum atomic E-state index is 0.208. The molecule has 0 unspecified atom stereocenters. The number of nitrogens with zero attached hydrogens (tertiary/aromatic N) is 1. The number of carbonyl (C=O) groups excluding carboxylic acids is 1. The van der Waals surface area contributed by atoms with Crippen molar-refractivity contribution in [3.8, 4) is 0 Å². The summed E-state index contributed by atoms with van der Waals surface area (Å²) in [6.07, 6.45) is 2.21. The van der Waals surface area contributed by atoms with E-state index in [1.165, 1.54) is 5.56 Å². The summed E-state index contributed by atoms with van der Waals surface area (Å²) >= 11 is 1.85. The number of hydrogen-bond donors (Lipinski definition) is 0. The molecule has 1 amide bonds. The number of unbranched alkanes of at least 4 members (excludes halogenated alkanes) is 1. The summed E-state index contributed by atoms with van der Waals surface area (Å²) in [5.41, 5.74) is 2.09. The Balaban J connectivity index is 2.27. The highest BCUT2D eigenvalue weighted by atomic mass is 32.2. The van der Waals surface area contributed by atoms with E-state index in [4.69, 9.17) is 0 Å². The Morgan fingerprint density at radius 3 is 2.76 bits per heavy atom. The van der Waals surface area contributed by atoms with Crippen molar-refractivity contribution in [1.29, 1.82) is 0 Å². The van der Waals surface area contributed by atoms with Crippen LogP contribution in [0.25, 0.3) is 0 Å². The van der Waals surface area contributed by atoms with Gasteiger partial charge in [0.25, 0.3) is 5.91 Å². The lowest BCUT2D eigenvalue weighted by atomic mass is 10.1. The molecule has 1 heterocycles. The first-order valence-electron chi connectivity index (χ1n) is 6.31. The lowest BCUT2D eigenvalue weighted by Crippen LogP contribution is -2.27. The Morgan fingerprint density at radius 1 is 1.29 bits per heavy atom. The number of benzene rings is 1. The zero-order valence-electron chi connectivity index (χ0n) is 10.5. The van der Waals surface area contributed by atoms with Crippen LogP contribution in [0.15, 0.2) is 24.3 Å². The van der Waals surface area contributed by atoms with E-state index < -0.39 is 0 Å². The predicted molar refractivity (Wildman–Crippen MR) is 73.3 cm³/mol. The number of hydrogen-bond acceptors (Lipinski definition) is 2. The van der Waals surface area contributed by atoms with E-state index in [0.29, 0.717) is 0 Å². The first-order valence-corrected chi connectivity index (χ1v) is 7.36. The van der Waals surface area contributed by atoms with E-state index in [9.17, 15) is 4.79 Å². The van der Waals surface area contributed by atoms with Gasteiger partial charge in [-0.05, 0) is 23.8 Å². The molecule has 0 spiro atoms. The molecule has 1 atom stereocenters. The molecule has 0 aromatic heterocycles. The highest BCUT2D eigenvalue weighted by molar-refractivity contribution is 7.99. The van der Waals surface area contributed by atoms with E-state index in [-0.39, 0.29) is 11.3 Å². The Labute approximate surface area is 107 Å². The first kappa shape index (κ1) is 12.5. The highest BCUT2D eigenvalue weighted by Gasteiger charge is 2.35. The molecule has 0 fully saturated rings. The lowest BCUT2D eigenvalue weighted by molar-refractivity contribution is 0.0771. The predicted octanol–water partition coefficient (Wildman–Crippen LogP) is 3.69. The van der Waals surface area contributed by atoms with Gasteiger partial charge < -0.3 is 4.90 Å². The van der Waals surface area contributed by atoms with Gasteiger partial charge in [-0.3, -0.25) is 4.79 Å². The molecule has 1 aromatic rings. The molecule has 0 N–H and O–H groups in total. The quantitative estimate of drug-likeness (QED) is 0.793. The molecule has 1 aromatic carbocycles. The van der Waals surface area contributed by atoms with Crippen LogP contribution in [-0.4, -0.2) is 23.1 Å². The maximum Gasteiger partial charge on any atom is 0.255 e. The molecule has 1 aliphatic rings. The molecule has 2 rings (SSSR count). The van der Waals surface area contributed by atoms with Crippen LogP contribution in [0.2, 0.25) is 0 Å². The fourth-order valence-corrected chi connectivity index (χ4v) is 3.30. The molecule has 0 saturated heterocycles. The number of fused-ring (bicyclic) bond motifs is 1. The van der Waals surface area contributed by atoms with Crippen molar-refractivity contribution >= 4 is 17.7 Å². The molecule has 0 aliphatic carbocycles. The van der Waals surface area contributed by atoms with Crippen molar-refractivity contribution in [2.45, 2.75) is 32.1 Å². The number of amides is 1. The minimum Gasteiger partial charge on any atom is -0.322 e. The third-order valence-electron chi connectivity index (χ3n) is 3.08. The zero-order valence-corrected chi connectivity index (χ0v) is 11.3. The molecule has 0 radical (unpaired) electrons. The highest BCUT2D eigenvalue weighted by Crippen LogP contribution is 2.41. The standard InChI is InChI=1S/C14H19NOS/c1-3-5-10-15-13(16)11-8-6-7-9-12(11)14(15)17-4-2/h6-9,14H,3-5,10H2,1-2H3/t14-/m1/s1. The molecular formula is C14H19NOS. The Morgan fingerprint density at radius 2 is 2.06 bits per heavy atom. The maximum atomic E-state index is 12.3. The molecular weight excluding hydrogens is 230 g/mol. The molecule has 92 valence electrons. The van der Waals surface area contributed by atoms with Crippen molar-refractivity contribution in [2.75, 3.05) is 12.3 Å². The largest absolute Gasteiger partial charge is 0.322 e. The van der Waals surface area contributed by atoms with Crippen LogP contribution in [0, 0.1) is 0 Å². The molecule has 0 bridgehead atoms. The number of carbonyl (C=O) groups is 1. The van der Waals surface area contributed by atoms with Crippen molar-refractivity contribution in [3.05, 3.63) is 35.4 Å². The summed E-state index contributed by atoms with van der Waals surface area (Å²) in [5, 5.41) is 0.232. The lowest BCUT2D eigenvalue weighted by Gasteiger charge is -2.24. The van der Waals surface area contributed by atoms with Crippen molar-refractivity contribution in [1.82, 2.24) is 4.90 Å². The van der Waals surface area contributed by atoms with Gasteiger partial charge in [-0.1, -0.05) is 38.5 Å². The second-order valence-corrected chi connectivity index (χ2v) is 5.60. The second-order valence-electron chi connectivity index (χ2n) is 4.25. The Kier molecular flexibility index (Phi) is 4.11. The van der Waals surface area contributed by atoms with E-state index >= 15 is 0 Å². The molecule has 3 heteroatoms. The van der Waals surface area contributed by atoms with Crippen molar-refractivity contribution < 1.29 is 4.79 Å². The van der Waals surface area contributed by atoms with Crippen LogP contribution in [0.5, 0.6) is 0 Å². The Hall–Kier alpha value is -0.960. The Bertz CT molecular complexity index is 405. The van der Waals surface area contributed by atoms with Gasteiger partial charge in [0.1, 0.15) is 5.37 Å². The summed E-state index contributed by atoms with van der Waals surface area (Å²) in [6.45, 7) is 5.19. The summed E-state index contributed by atoms with van der Waals surface area (Å²) in [7, 11) is 0. The summed E-state index contributed by atoms with van der Waals surface area (Å²) in [5.74, 6) is 1.24. The molecule has 0 saturated carbocycles. The van der Waals surface area contributed by atoms with E-state index in [1.807, 2.05) is 34.9 Å². The van der Waals surface area contributed by atoms with Crippen molar-refractivity contribution in [3.63, 3.8) is 0 Å². The van der Waals surface area contributed by atoms with Gasteiger partial charge >= 0.3 is 0 Å². The SMILES string of the molecule is CCCCN1C(=O)c2ccccc2[C@H]1SCC. The van der Waals surface area contributed by atoms with Gasteiger partial charge in [0.05, 0.1) is 0 Å². The van der Waals surface area contributed by atoms with Crippen molar-refractivity contribution in [2.24, 2.45) is 0 Å². The fraction of sp³-hybridized carbons (Fsp3) is 0.500. The van der Waals surface area contributed by atoms with E-state index in [1.54, 1.807) is 0 Å². The van der Waals surface area contributed by atoms with Gasteiger partial charge in [0, 0.05) is 12.1 Å². The first-order chi connectivity index (χ1) is 8.29. The normalized spacial score (nSPS) is 18.6. The zero-order chi connectivity index (χ0) is 12.3. The van der Waals surface area contributed by atoms with Crippen LogP contribution in [0.1, 0.15) is 48.0 Å². The van der Waals surface area contributed by atoms with Gasteiger partial charge in [0.15, 0.2) is 0 Å². The number of thioether (sulfide) groups is 1. The summed E-state index contributed by atoms with van der Waals surface area (Å²) in [4.78, 5) is 14.3. The van der Waals surface area contributed by atoms with E-state index in [2.05, 4.69) is 19.9 Å². The summed E-state index contributed by atoms with van der Waals surface area (Å²) in [6, 6.07) is 8.02. The second kappa shape index (κ2) is 5.58. The average molecular weight is 249 g/mol. The maximum absolute atomic E-state index is 12.3. The minimum absolute atomic E-state index is 0.208. The van der Waals surface area contributed by atoms with Gasteiger partial charge in [-0.15, -0.1) is 11.8 Å². The van der Waals surface area contributed by atoms with Crippen LogP contribution < -0.4 is 0 Å². The molecule has 17 heavy (non-hydrogen) atoms. The third-order valence-corrected chi connectivity index (χ3v) is 4.24. The van der Waals surface area contributed by atoms with Crippen LogP contribution in [0.4, 0.5) is 0 Å². The molecule has 2 nitrogen and oxygen atoms in total. The topological polar surface area (TPSA) is 20.3 Å². The smallest absolute Gasteiger partial charge is 0.255 e. The monoisotopic (exact) mass is 249 g/mol. The van der Waals surface area contributed by atoms with E-state index in [0.717, 1.165) is 30.7 Å². The fourth-order valence-electron chi connectivity index (χ4n) is 2.22. The van der Waals surface area contributed by atoms with Crippen LogP contribution in [-0.2, 0) is 0 Å². The third kappa shape index (κ3) is 2.34.